The number of aromatic nitrogens is 4. The highest BCUT2D eigenvalue weighted by Crippen LogP contribution is 2.29. The molecular formula is C20H25Cl2N5O4. The Hall–Kier alpha value is -2.20. The van der Waals surface area contributed by atoms with Gasteiger partial charge in [-0.1, -0.05) is 0 Å². The Balaban J connectivity index is 2.37. The van der Waals surface area contributed by atoms with Crippen molar-refractivity contribution in [2.45, 2.75) is 13.5 Å². The monoisotopic (exact) mass is 469 g/mol. The molecule has 0 atom stereocenters. The SMILES string of the molecule is Cc1cc2c(cc1N(CCCl)CCCl)nc1c(=O)n(C)c(=O)nc-1n2CC(CO)CO. The van der Waals surface area contributed by atoms with Gasteiger partial charge in [0.1, 0.15) is 0 Å². The fourth-order valence-electron chi connectivity index (χ4n) is 3.57. The summed E-state index contributed by atoms with van der Waals surface area (Å²) in [5, 5.41) is 19.2. The van der Waals surface area contributed by atoms with Gasteiger partial charge >= 0.3 is 5.69 Å². The zero-order valence-electron chi connectivity index (χ0n) is 17.4. The molecule has 0 aromatic heterocycles. The summed E-state index contributed by atoms with van der Waals surface area (Å²) in [5.74, 6) is 0.470. The molecule has 0 amide bonds. The van der Waals surface area contributed by atoms with Crippen LogP contribution in [0.2, 0.25) is 0 Å². The highest BCUT2D eigenvalue weighted by molar-refractivity contribution is 6.18. The molecule has 31 heavy (non-hydrogen) atoms. The van der Waals surface area contributed by atoms with Crippen LogP contribution in [-0.2, 0) is 13.6 Å². The Morgan fingerprint density at radius 2 is 1.74 bits per heavy atom. The Morgan fingerprint density at radius 1 is 1.10 bits per heavy atom. The number of halogens is 2. The third-order valence-electron chi connectivity index (χ3n) is 5.29. The number of hydrogen-bond donors (Lipinski definition) is 2. The molecule has 11 heteroatoms. The molecule has 0 aliphatic carbocycles. The molecule has 0 unspecified atom stereocenters. The van der Waals surface area contributed by atoms with E-state index >= 15 is 0 Å². The lowest BCUT2D eigenvalue weighted by atomic mass is 10.1. The number of benzene rings is 1. The van der Waals surface area contributed by atoms with E-state index in [1.165, 1.54) is 7.05 Å². The number of aliphatic hydroxyl groups is 2. The molecular weight excluding hydrogens is 445 g/mol. The molecule has 0 spiro atoms. The number of nitrogens with zero attached hydrogens (tertiary/aromatic N) is 5. The summed E-state index contributed by atoms with van der Waals surface area (Å²) in [6.45, 7) is 2.75. The predicted molar refractivity (Wildman–Crippen MR) is 122 cm³/mol. The summed E-state index contributed by atoms with van der Waals surface area (Å²) in [6, 6.07) is 3.75. The normalized spacial score (nSPS) is 11.7. The average Bonchev–Trinajstić information content (AvgIpc) is 2.75. The maximum absolute atomic E-state index is 12.8. The zero-order valence-corrected chi connectivity index (χ0v) is 18.9. The summed E-state index contributed by atoms with van der Waals surface area (Å²) in [6.07, 6.45) is 0. The van der Waals surface area contributed by atoms with E-state index in [9.17, 15) is 19.8 Å². The van der Waals surface area contributed by atoms with E-state index in [0.29, 0.717) is 35.9 Å². The van der Waals surface area contributed by atoms with E-state index in [0.717, 1.165) is 15.8 Å². The Kier molecular flexibility index (Phi) is 7.53. The van der Waals surface area contributed by atoms with Gasteiger partial charge in [-0.05, 0) is 24.6 Å². The molecule has 2 N–H and O–H groups in total. The van der Waals surface area contributed by atoms with Crippen molar-refractivity contribution in [1.29, 1.82) is 0 Å². The van der Waals surface area contributed by atoms with Gasteiger partial charge in [-0.3, -0.25) is 9.36 Å². The first-order chi connectivity index (χ1) is 14.9. The molecule has 0 saturated carbocycles. The van der Waals surface area contributed by atoms with E-state index < -0.39 is 17.2 Å². The number of alkyl halides is 2. The number of aryl methyl sites for hydroxylation is 1. The van der Waals surface area contributed by atoms with Crippen LogP contribution < -0.4 is 16.1 Å². The van der Waals surface area contributed by atoms with E-state index in [-0.39, 0.29) is 31.3 Å². The topological polar surface area (TPSA) is 113 Å². The van der Waals surface area contributed by atoms with Gasteiger partial charge in [0.15, 0.2) is 11.5 Å². The van der Waals surface area contributed by atoms with E-state index in [2.05, 4.69) is 9.97 Å². The van der Waals surface area contributed by atoms with E-state index in [4.69, 9.17) is 23.2 Å². The lowest BCUT2D eigenvalue weighted by Crippen LogP contribution is -2.37. The Bertz CT molecular complexity index is 1150. The van der Waals surface area contributed by atoms with Crippen LogP contribution in [-0.4, -0.2) is 67.4 Å². The summed E-state index contributed by atoms with van der Waals surface area (Å²) in [5.41, 5.74) is 1.76. The number of rotatable bonds is 9. The largest absolute Gasteiger partial charge is 0.396 e. The quantitative estimate of drug-likeness (QED) is 0.351. The van der Waals surface area contributed by atoms with Gasteiger partial charge in [0.25, 0.3) is 5.56 Å². The standard InChI is InChI=1S/C20H25Cl2N5O4/c1-12-7-16-14(8-15(12)26(5-3-21)6-4-22)23-17-18(24-20(31)25(2)19(17)30)27(16)9-13(10-28)11-29/h7-8,13,28-29H,3-6,9-11H2,1-2H3. The maximum Gasteiger partial charge on any atom is 0.352 e. The van der Waals surface area contributed by atoms with E-state index in [1.54, 1.807) is 4.57 Å². The van der Waals surface area contributed by atoms with Gasteiger partial charge in [-0.15, -0.1) is 23.2 Å². The van der Waals surface area contributed by atoms with Crippen LogP contribution in [0.4, 0.5) is 5.69 Å². The average molecular weight is 470 g/mol. The molecule has 0 radical (unpaired) electrons. The van der Waals surface area contributed by atoms with Crippen LogP contribution in [0.5, 0.6) is 0 Å². The number of aliphatic hydroxyl groups excluding tert-OH is 2. The predicted octanol–water partition coefficient (Wildman–Crippen LogP) is 0.788. The van der Waals surface area contributed by atoms with Crippen LogP contribution in [0, 0.1) is 12.8 Å². The number of anilines is 1. The zero-order chi connectivity index (χ0) is 22.7. The molecule has 0 saturated heterocycles. The fraction of sp³-hybridized carbons (Fsp3) is 0.500. The van der Waals surface area contributed by atoms with Crippen molar-refractivity contribution in [2.75, 3.05) is 43.0 Å². The van der Waals surface area contributed by atoms with Crippen LogP contribution in [0.1, 0.15) is 5.56 Å². The van der Waals surface area contributed by atoms with Crippen molar-refractivity contribution < 1.29 is 10.2 Å². The van der Waals surface area contributed by atoms with Gasteiger partial charge in [0.05, 0.1) is 11.0 Å². The van der Waals surface area contributed by atoms with E-state index in [1.807, 2.05) is 24.0 Å². The van der Waals surface area contributed by atoms with Crippen LogP contribution >= 0.6 is 23.2 Å². The summed E-state index contributed by atoms with van der Waals surface area (Å²) < 4.78 is 2.57. The molecule has 0 bridgehead atoms. The minimum Gasteiger partial charge on any atom is -0.396 e. The van der Waals surface area contributed by atoms with Crippen LogP contribution in [0.3, 0.4) is 0 Å². The molecule has 2 heterocycles. The minimum atomic E-state index is -0.694. The first kappa shape index (κ1) is 23.5. The van der Waals surface area contributed by atoms with Crippen molar-refractivity contribution in [3.05, 3.63) is 38.5 Å². The molecule has 9 nitrogen and oxygen atoms in total. The minimum absolute atomic E-state index is 0.0419. The summed E-state index contributed by atoms with van der Waals surface area (Å²) in [7, 11) is 1.35. The number of fused-ring (bicyclic) bond motifs is 2. The van der Waals surface area contributed by atoms with Crippen molar-refractivity contribution in [3.63, 3.8) is 0 Å². The van der Waals surface area contributed by atoms with Gasteiger partial charge < -0.3 is 19.7 Å². The van der Waals surface area contributed by atoms with Crippen molar-refractivity contribution >= 4 is 39.9 Å². The van der Waals surface area contributed by atoms with Gasteiger partial charge in [0.2, 0.25) is 0 Å². The van der Waals surface area contributed by atoms with Gasteiger partial charge in [-0.2, -0.15) is 4.98 Å². The smallest absolute Gasteiger partial charge is 0.352 e. The summed E-state index contributed by atoms with van der Waals surface area (Å²) >= 11 is 11.9. The molecule has 168 valence electrons. The Morgan fingerprint density at radius 3 is 2.32 bits per heavy atom. The third-order valence-corrected chi connectivity index (χ3v) is 5.62. The third kappa shape index (κ3) is 4.55. The lowest BCUT2D eigenvalue weighted by Gasteiger charge is -2.26. The Labute approximate surface area is 188 Å². The molecule has 2 aliphatic rings. The van der Waals surface area contributed by atoms with Crippen molar-refractivity contribution in [1.82, 2.24) is 19.1 Å². The molecule has 3 rings (SSSR count). The first-order valence-electron chi connectivity index (χ1n) is 9.86. The van der Waals surface area contributed by atoms with Crippen LogP contribution in [0.25, 0.3) is 22.6 Å². The maximum atomic E-state index is 12.8. The number of hydrogen-bond acceptors (Lipinski definition) is 7. The second kappa shape index (κ2) is 9.95. The molecule has 0 fully saturated rings. The fourth-order valence-corrected chi connectivity index (χ4v) is 3.98. The highest BCUT2D eigenvalue weighted by Gasteiger charge is 2.23. The molecule has 1 aromatic rings. The lowest BCUT2D eigenvalue weighted by molar-refractivity contribution is 0.138. The second-order valence-corrected chi connectivity index (χ2v) is 8.13. The van der Waals surface area contributed by atoms with Gasteiger partial charge in [0, 0.05) is 63.3 Å². The first-order valence-corrected chi connectivity index (χ1v) is 10.9. The summed E-state index contributed by atoms with van der Waals surface area (Å²) in [4.78, 5) is 35.6. The highest BCUT2D eigenvalue weighted by atomic mass is 35.5. The second-order valence-electron chi connectivity index (χ2n) is 7.38. The molecule has 1 aromatic carbocycles. The van der Waals surface area contributed by atoms with Crippen LogP contribution in [0.15, 0.2) is 21.7 Å². The molecule has 2 aliphatic heterocycles. The van der Waals surface area contributed by atoms with Crippen molar-refractivity contribution in [3.8, 4) is 11.5 Å². The van der Waals surface area contributed by atoms with Gasteiger partial charge in [-0.25, -0.2) is 9.78 Å². The van der Waals surface area contributed by atoms with Crippen molar-refractivity contribution in [2.24, 2.45) is 13.0 Å².